The molecule has 2 fully saturated rings. The standard InChI is InChI=1S/C17H26N4O2S/c1-3-4-9-20-11-17(8-6-14(20)22)7-5-10-21(12-17)16(23)15-13(2)18-19-24-15/h3-12H2,1-2H3/t17-/m1/s1. The highest BCUT2D eigenvalue weighted by Crippen LogP contribution is 2.39. The molecule has 1 atom stereocenters. The first kappa shape index (κ1) is 17.3. The normalized spacial score (nSPS) is 24.7. The lowest BCUT2D eigenvalue weighted by Gasteiger charge is -2.48. The van der Waals surface area contributed by atoms with E-state index in [0.717, 1.165) is 58.3 Å². The smallest absolute Gasteiger partial charge is 0.267 e. The Morgan fingerprint density at radius 3 is 2.88 bits per heavy atom. The number of carbonyl (C=O) groups excluding carboxylic acids is 2. The molecule has 0 N–H and O–H groups in total. The number of carbonyl (C=O) groups is 2. The van der Waals surface area contributed by atoms with Crippen LogP contribution in [0.15, 0.2) is 0 Å². The third-order valence-electron chi connectivity index (χ3n) is 5.32. The van der Waals surface area contributed by atoms with Crippen molar-refractivity contribution in [1.29, 1.82) is 0 Å². The van der Waals surface area contributed by atoms with Crippen molar-refractivity contribution in [2.45, 2.75) is 52.4 Å². The van der Waals surface area contributed by atoms with Crippen molar-refractivity contribution in [2.75, 3.05) is 26.2 Å². The third kappa shape index (κ3) is 3.45. The fourth-order valence-corrected chi connectivity index (χ4v) is 4.57. The van der Waals surface area contributed by atoms with Crippen LogP contribution in [0, 0.1) is 12.3 Å². The molecule has 0 bridgehead atoms. The fraction of sp³-hybridized carbons (Fsp3) is 0.765. The van der Waals surface area contributed by atoms with Gasteiger partial charge in [0.05, 0.1) is 5.69 Å². The second-order valence-corrected chi connectivity index (χ2v) is 7.94. The summed E-state index contributed by atoms with van der Waals surface area (Å²) in [4.78, 5) is 29.6. The van der Waals surface area contributed by atoms with Gasteiger partial charge in [0.25, 0.3) is 5.91 Å². The number of rotatable bonds is 4. The first-order chi connectivity index (χ1) is 11.5. The Morgan fingerprint density at radius 2 is 2.17 bits per heavy atom. The van der Waals surface area contributed by atoms with E-state index < -0.39 is 0 Å². The molecule has 0 aromatic carbocycles. The lowest BCUT2D eigenvalue weighted by molar-refractivity contribution is -0.139. The summed E-state index contributed by atoms with van der Waals surface area (Å²) >= 11 is 1.18. The summed E-state index contributed by atoms with van der Waals surface area (Å²) in [5, 5.41) is 3.96. The summed E-state index contributed by atoms with van der Waals surface area (Å²) in [6.45, 7) is 7.18. The first-order valence-corrected chi connectivity index (χ1v) is 9.68. The van der Waals surface area contributed by atoms with Gasteiger partial charge in [-0.25, -0.2) is 0 Å². The van der Waals surface area contributed by atoms with Gasteiger partial charge in [-0.1, -0.05) is 17.8 Å². The summed E-state index contributed by atoms with van der Waals surface area (Å²) in [6, 6.07) is 0. The lowest BCUT2D eigenvalue weighted by atomic mass is 9.73. The summed E-state index contributed by atoms with van der Waals surface area (Å²) in [5.41, 5.74) is 0.787. The molecule has 0 unspecified atom stereocenters. The molecule has 1 spiro atoms. The van der Waals surface area contributed by atoms with Gasteiger partial charge in [0.1, 0.15) is 4.88 Å². The Bertz CT molecular complexity index is 617. The first-order valence-electron chi connectivity index (χ1n) is 8.91. The van der Waals surface area contributed by atoms with Gasteiger partial charge in [0.2, 0.25) is 5.91 Å². The van der Waals surface area contributed by atoms with Crippen molar-refractivity contribution < 1.29 is 9.59 Å². The van der Waals surface area contributed by atoms with E-state index in [0.29, 0.717) is 17.0 Å². The van der Waals surface area contributed by atoms with Crippen molar-refractivity contribution in [3.63, 3.8) is 0 Å². The van der Waals surface area contributed by atoms with E-state index >= 15 is 0 Å². The van der Waals surface area contributed by atoms with Crippen molar-refractivity contribution >= 4 is 23.3 Å². The predicted molar refractivity (Wildman–Crippen MR) is 92.9 cm³/mol. The van der Waals surface area contributed by atoms with Crippen LogP contribution in [0.4, 0.5) is 0 Å². The molecule has 6 nitrogen and oxygen atoms in total. The molecular formula is C17H26N4O2S. The van der Waals surface area contributed by atoms with E-state index in [1.54, 1.807) is 0 Å². The van der Waals surface area contributed by atoms with Crippen LogP contribution in [-0.2, 0) is 4.79 Å². The molecule has 1 aromatic heterocycles. The second kappa shape index (κ2) is 7.17. The van der Waals surface area contributed by atoms with Crippen LogP contribution < -0.4 is 0 Å². The van der Waals surface area contributed by atoms with Gasteiger partial charge in [0.15, 0.2) is 0 Å². The molecule has 2 amide bonds. The van der Waals surface area contributed by atoms with Gasteiger partial charge in [-0.3, -0.25) is 9.59 Å². The molecule has 3 rings (SSSR count). The molecule has 2 aliphatic heterocycles. The predicted octanol–water partition coefficient (Wildman–Crippen LogP) is 2.49. The topological polar surface area (TPSA) is 66.4 Å². The number of nitrogens with zero attached hydrogens (tertiary/aromatic N) is 4. The van der Waals surface area contributed by atoms with Crippen LogP contribution in [0.25, 0.3) is 0 Å². The Morgan fingerprint density at radius 1 is 1.33 bits per heavy atom. The van der Waals surface area contributed by atoms with Crippen LogP contribution in [-0.4, -0.2) is 57.4 Å². The highest BCUT2D eigenvalue weighted by Gasteiger charge is 2.43. The highest BCUT2D eigenvalue weighted by atomic mass is 32.1. The van der Waals surface area contributed by atoms with Crippen molar-refractivity contribution in [3.8, 4) is 0 Å². The van der Waals surface area contributed by atoms with Crippen molar-refractivity contribution in [2.24, 2.45) is 5.41 Å². The minimum Gasteiger partial charge on any atom is -0.342 e. The van der Waals surface area contributed by atoms with Gasteiger partial charge < -0.3 is 9.80 Å². The molecule has 24 heavy (non-hydrogen) atoms. The largest absolute Gasteiger partial charge is 0.342 e. The molecule has 132 valence electrons. The summed E-state index contributed by atoms with van der Waals surface area (Å²) in [7, 11) is 0. The van der Waals surface area contributed by atoms with Gasteiger partial charge in [0, 0.05) is 38.0 Å². The Kier molecular flexibility index (Phi) is 5.18. The number of amides is 2. The summed E-state index contributed by atoms with van der Waals surface area (Å²) < 4.78 is 3.89. The molecule has 0 aliphatic carbocycles. The molecule has 1 aromatic rings. The van der Waals surface area contributed by atoms with Gasteiger partial charge >= 0.3 is 0 Å². The zero-order valence-corrected chi connectivity index (χ0v) is 15.4. The zero-order chi connectivity index (χ0) is 17.2. The maximum atomic E-state index is 12.8. The van der Waals surface area contributed by atoms with Crippen LogP contribution in [0.2, 0.25) is 0 Å². The average molecular weight is 350 g/mol. The SMILES string of the molecule is CCCCN1C[C@@]2(CCCN(C(=O)c3snnc3C)C2)CCC1=O. The Hall–Kier alpha value is -1.50. The maximum absolute atomic E-state index is 12.8. The second-order valence-electron chi connectivity index (χ2n) is 7.19. The van der Waals surface area contributed by atoms with Crippen LogP contribution >= 0.6 is 11.5 Å². The Balaban J connectivity index is 1.71. The van der Waals surface area contributed by atoms with E-state index in [1.165, 1.54) is 11.5 Å². The monoisotopic (exact) mass is 350 g/mol. The zero-order valence-electron chi connectivity index (χ0n) is 14.6. The van der Waals surface area contributed by atoms with Crippen molar-refractivity contribution in [1.82, 2.24) is 19.4 Å². The van der Waals surface area contributed by atoms with Crippen LogP contribution in [0.3, 0.4) is 0 Å². The number of hydrogen-bond donors (Lipinski definition) is 0. The molecule has 3 heterocycles. The van der Waals surface area contributed by atoms with Gasteiger partial charge in [-0.2, -0.15) is 0 Å². The minimum absolute atomic E-state index is 0.0542. The number of hydrogen-bond acceptors (Lipinski definition) is 5. The number of aryl methyl sites for hydroxylation is 1. The minimum atomic E-state index is 0.0542. The van der Waals surface area contributed by atoms with Crippen LogP contribution in [0.5, 0.6) is 0 Å². The maximum Gasteiger partial charge on any atom is 0.267 e. The molecule has 2 saturated heterocycles. The van der Waals surface area contributed by atoms with E-state index in [9.17, 15) is 9.59 Å². The number of unbranched alkanes of at least 4 members (excludes halogenated alkanes) is 1. The number of aromatic nitrogens is 2. The molecule has 2 aliphatic rings. The van der Waals surface area contributed by atoms with E-state index in [4.69, 9.17) is 0 Å². The molecule has 0 radical (unpaired) electrons. The summed E-state index contributed by atoms with van der Waals surface area (Å²) in [6.07, 6.45) is 5.78. The summed E-state index contributed by atoms with van der Waals surface area (Å²) in [5.74, 6) is 0.332. The van der Waals surface area contributed by atoms with Gasteiger partial charge in [-0.05, 0) is 44.1 Å². The quantitative estimate of drug-likeness (QED) is 0.837. The highest BCUT2D eigenvalue weighted by molar-refractivity contribution is 7.07. The number of likely N-dealkylation sites (tertiary alicyclic amines) is 2. The lowest BCUT2D eigenvalue weighted by Crippen LogP contribution is -2.55. The van der Waals surface area contributed by atoms with Crippen molar-refractivity contribution in [3.05, 3.63) is 10.6 Å². The van der Waals surface area contributed by atoms with Crippen LogP contribution in [0.1, 0.15) is 60.8 Å². The number of piperidine rings is 2. The molecule has 7 heteroatoms. The van der Waals surface area contributed by atoms with Gasteiger partial charge in [-0.15, -0.1) is 5.10 Å². The molecular weight excluding hydrogens is 324 g/mol. The van der Waals surface area contributed by atoms with E-state index in [2.05, 4.69) is 16.5 Å². The van der Waals surface area contributed by atoms with E-state index in [1.807, 2.05) is 16.7 Å². The average Bonchev–Trinajstić information content (AvgIpc) is 3.01. The van der Waals surface area contributed by atoms with E-state index in [-0.39, 0.29) is 17.2 Å². The third-order valence-corrected chi connectivity index (χ3v) is 6.14. The molecule has 0 saturated carbocycles. The fourth-order valence-electron chi connectivity index (χ4n) is 3.94. The Labute approximate surface area is 147 Å².